The number of hydrogen-bond donors (Lipinski definition) is 1. The summed E-state index contributed by atoms with van der Waals surface area (Å²) in [7, 11) is 1.64. The maximum Gasteiger partial charge on any atom is 0.257 e. The number of carbonyl (C=O) groups excluding carboxylic acids is 1. The van der Waals surface area contributed by atoms with Gasteiger partial charge in [0, 0.05) is 8.47 Å². The van der Waals surface area contributed by atoms with Crippen LogP contribution >= 0.6 is 11.8 Å². The van der Waals surface area contributed by atoms with Crippen molar-refractivity contribution in [1.82, 2.24) is 5.32 Å². The molecule has 0 aromatic rings. The molecule has 0 saturated heterocycles. The Kier molecular flexibility index (Phi) is 2.57. The zero-order valence-corrected chi connectivity index (χ0v) is 6.57. The quantitative estimate of drug-likeness (QED) is 0.625. The molecule has 2 nitrogen and oxygen atoms in total. The molecule has 0 aromatic carbocycles. The molecule has 1 aliphatic rings. The van der Waals surface area contributed by atoms with E-state index in [0.717, 1.165) is 11.3 Å². The number of thioether (sulfide) groups is 1. The van der Waals surface area contributed by atoms with Crippen molar-refractivity contribution in [2.24, 2.45) is 0 Å². The fourth-order valence-electron chi connectivity index (χ4n) is 0.670. The van der Waals surface area contributed by atoms with Gasteiger partial charge in [-0.15, -0.1) is 0 Å². The first-order valence-electron chi connectivity index (χ1n) is 3.08. The van der Waals surface area contributed by atoms with Gasteiger partial charge >= 0.3 is 0 Å². The van der Waals surface area contributed by atoms with Gasteiger partial charge in [0.15, 0.2) is 0 Å². The van der Waals surface area contributed by atoms with Crippen LogP contribution in [-0.2, 0) is 4.79 Å². The van der Waals surface area contributed by atoms with Gasteiger partial charge in [-0.05, 0) is 11.8 Å². The van der Waals surface area contributed by atoms with Gasteiger partial charge in [0.05, 0.1) is 4.91 Å². The number of nitrogens with one attached hydrogen (secondary N) is 1. The molecule has 0 spiro atoms. The molecule has 0 unspecified atom stereocenters. The molecule has 56 valence electrons. The van der Waals surface area contributed by atoms with Crippen molar-refractivity contribution in [3.63, 3.8) is 0 Å². The molecule has 0 bridgehead atoms. The van der Waals surface area contributed by atoms with Crippen molar-refractivity contribution in [2.45, 2.75) is 6.42 Å². The number of carbonyl (C=O) groups is 1. The normalized spacial score (nSPS) is 16.3. The monoisotopic (exact) mass is 157 g/mol. The molecule has 3 heteroatoms. The highest BCUT2D eigenvalue weighted by atomic mass is 32.2. The molecular formula is C7H11NOS. The van der Waals surface area contributed by atoms with Crippen molar-refractivity contribution in [1.29, 1.82) is 0 Å². The highest BCUT2D eigenvalue weighted by Gasteiger charge is 2.06. The van der Waals surface area contributed by atoms with Crippen molar-refractivity contribution in [3.05, 3.63) is 22.5 Å². The first-order valence-corrected chi connectivity index (χ1v) is 3.96. The van der Waals surface area contributed by atoms with E-state index in [-0.39, 0.29) is 7.33 Å². The third-order valence-electron chi connectivity index (χ3n) is 1.18. The smallest absolute Gasteiger partial charge is 0.257 e. The van der Waals surface area contributed by atoms with Crippen molar-refractivity contribution in [2.75, 3.05) is 7.05 Å². The second kappa shape index (κ2) is 3.46. The van der Waals surface area contributed by atoms with E-state index in [1.54, 1.807) is 7.05 Å². The minimum absolute atomic E-state index is 0. The minimum Gasteiger partial charge on any atom is -0.355 e. The lowest BCUT2D eigenvalue weighted by Crippen LogP contribution is -2.18. The van der Waals surface area contributed by atoms with E-state index in [1.165, 1.54) is 11.8 Å². The van der Waals surface area contributed by atoms with Gasteiger partial charge in [-0.2, -0.15) is 0 Å². The van der Waals surface area contributed by atoms with Crippen LogP contribution in [-0.4, -0.2) is 13.0 Å². The van der Waals surface area contributed by atoms with Crippen LogP contribution in [0.5, 0.6) is 0 Å². The number of allylic oxidation sites excluding steroid dienone is 2. The van der Waals surface area contributed by atoms with Crippen LogP contribution in [0, 0.1) is 0 Å². The first-order chi connectivity index (χ1) is 4.84. The molecule has 10 heavy (non-hydrogen) atoms. The standard InChI is InChI=1S/C7H9NOS.H2/c1-8-7(9)6-4-2-3-5-10-6;/h3-5H,2H2,1H3,(H,8,9);1H. The third kappa shape index (κ3) is 1.64. The Morgan fingerprint density at radius 1 is 1.90 bits per heavy atom. The number of hydrogen-bond acceptors (Lipinski definition) is 2. The van der Waals surface area contributed by atoms with E-state index in [4.69, 9.17) is 0 Å². The second-order valence-electron chi connectivity index (χ2n) is 1.87. The molecular weight excluding hydrogens is 146 g/mol. The van der Waals surface area contributed by atoms with E-state index < -0.39 is 0 Å². The van der Waals surface area contributed by atoms with E-state index in [0.29, 0.717) is 0 Å². The van der Waals surface area contributed by atoms with Gasteiger partial charge in [0.1, 0.15) is 0 Å². The molecule has 1 amide bonds. The highest BCUT2D eigenvalue weighted by Crippen LogP contribution is 2.21. The summed E-state index contributed by atoms with van der Waals surface area (Å²) in [6.45, 7) is 0. The summed E-state index contributed by atoms with van der Waals surface area (Å²) in [6, 6.07) is 0. The zero-order valence-electron chi connectivity index (χ0n) is 5.76. The Balaban J connectivity index is 0.000001000. The van der Waals surface area contributed by atoms with Crippen LogP contribution in [0.4, 0.5) is 0 Å². The van der Waals surface area contributed by atoms with Crippen LogP contribution < -0.4 is 5.32 Å². The van der Waals surface area contributed by atoms with Crippen molar-refractivity contribution in [3.8, 4) is 0 Å². The molecule has 0 radical (unpaired) electrons. The molecule has 1 N–H and O–H groups in total. The lowest BCUT2D eigenvalue weighted by molar-refractivity contribution is -0.116. The van der Waals surface area contributed by atoms with Crippen LogP contribution in [0.2, 0.25) is 0 Å². The average Bonchev–Trinajstić information content (AvgIpc) is 2.05. The number of amides is 1. The summed E-state index contributed by atoms with van der Waals surface area (Å²) in [4.78, 5) is 11.7. The Morgan fingerprint density at radius 2 is 2.70 bits per heavy atom. The summed E-state index contributed by atoms with van der Waals surface area (Å²) in [5.41, 5.74) is 0. The summed E-state index contributed by atoms with van der Waals surface area (Å²) in [5, 5.41) is 4.51. The van der Waals surface area contributed by atoms with E-state index in [9.17, 15) is 4.79 Å². The van der Waals surface area contributed by atoms with Crippen LogP contribution in [0.3, 0.4) is 0 Å². The Bertz CT molecular complexity index is 201. The third-order valence-corrected chi connectivity index (χ3v) is 2.12. The molecule has 1 rings (SSSR count). The molecule has 0 atom stereocenters. The maximum atomic E-state index is 10.9. The second-order valence-corrected chi connectivity index (χ2v) is 2.82. The SMILES string of the molecule is CNC(=O)C1=CCC=CS1.[HH]. The maximum absolute atomic E-state index is 10.9. The lowest BCUT2D eigenvalue weighted by atomic mass is 10.3. The molecule has 1 heterocycles. The molecule has 0 aromatic heterocycles. The zero-order chi connectivity index (χ0) is 7.40. The van der Waals surface area contributed by atoms with Gasteiger partial charge in [0.25, 0.3) is 5.91 Å². The van der Waals surface area contributed by atoms with E-state index in [2.05, 4.69) is 5.32 Å². The molecule has 0 aliphatic carbocycles. The summed E-state index contributed by atoms with van der Waals surface area (Å²) < 4.78 is 0. The first kappa shape index (κ1) is 7.41. The average molecular weight is 157 g/mol. The van der Waals surface area contributed by atoms with Gasteiger partial charge in [0.2, 0.25) is 0 Å². The Morgan fingerprint density at radius 3 is 3.20 bits per heavy atom. The van der Waals surface area contributed by atoms with Crippen molar-refractivity contribution >= 4 is 17.7 Å². The van der Waals surface area contributed by atoms with Gasteiger partial charge in [-0.25, -0.2) is 0 Å². The Hall–Kier alpha value is -0.700. The Labute approximate surface area is 65.9 Å². The highest BCUT2D eigenvalue weighted by molar-refractivity contribution is 8.06. The van der Waals surface area contributed by atoms with E-state index >= 15 is 0 Å². The molecule has 1 aliphatic heterocycles. The molecule has 0 fully saturated rings. The predicted octanol–water partition coefficient (Wildman–Crippen LogP) is 1.51. The van der Waals surface area contributed by atoms with Gasteiger partial charge in [-0.1, -0.05) is 23.9 Å². The van der Waals surface area contributed by atoms with Gasteiger partial charge < -0.3 is 5.32 Å². The van der Waals surface area contributed by atoms with Crippen LogP contribution in [0.25, 0.3) is 0 Å². The van der Waals surface area contributed by atoms with Crippen LogP contribution in [0.15, 0.2) is 22.5 Å². The van der Waals surface area contributed by atoms with E-state index in [1.807, 2.05) is 17.6 Å². The summed E-state index contributed by atoms with van der Waals surface area (Å²) in [6.07, 6.45) is 4.82. The summed E-state index contributed by atoms with van der Waals surface area (Å²) in [5.74, 6) is 0.00866. The largest absolute Gasteiger partial charge is 0.355 e. The fraction of sp³-hybridized carbons (Fsp3) is 0.286. The van der Waals surface area contributed by atoms with Crippen LogP contribution in [0.1, 0.15) is 7.85 Å². The number of rotatable bonds is 1. The number of likely N-dealkylation sites (N-methyl/N-ethyl adjacent to an activating group) is 1. The van der Waals surface area contributed by atoms with Crippen molar-refractivity contribution < 1.29 is 6.22 Å². The summed E-state index contributed by atoms with van der Waals surface area (Å²) >= 11 is 1.46. The molecule has 0 saturated carbocycles. The topological polar surface area (TPSA) is 29.1 Å². The fourth-order valence-corrected chi connectivity index (χ4v) is 1.43. The minimum atomic E-state index is 0. The van der Waals surface area contributed by atoms with Gasteiger partial charge in [-0.3, -0.25) is 4.79 Å². The predicted molar refractivity (Wildman–Crippen MR) is 45.6 cm³/mol. The lowest BCUT2D eigenvalue weighted by Gasteiger charge is -2.04.